The fourth-order valence-corrected chi connectivity index (χ4v) is 3.60. The third-order valence-electron chi connectivity index (χ3n) is 4.81. The SMILES string of the molecule is Cl.FC(F)(F)c1cc(C2CCCN(CC3CCNCC3)C2)[nH]n1. The van der Waals surface area contributed by atoms with Crippen LogP contribution >= 0.6 is 12.4 Å². The average Bonchev–Trinajstić information content (AvgIpc) is 2.99. The van der Waals surface area contributed by atoms with Crippen molar-refractivity contribution in [3.05, 3.63) is 17.5 Å². The lowest BCUT2D eigenvalue weighted by Gasteiger charge is -2.35. The van der Waals surface area contributed by atoms with Crippen LogP contribution in [0.4, 0.5) is 13.2 Å². The summed E-state index contributed by atoms with van der Waals surface area (Å²) in [6, 6.07) is 1.18. The normalized spacial score (nSPS) is 24.4. The summed E-state index contributed by atoms with van der Waals surface area (Å²) in [5.74, 6) is 0.853. The molecular weight excluding hydrogens is 329 g/mol. The van der Waals surface area contributed by atoms with Crippen molar-refractivity contribution in [1.82, 2.24) is 20.4 Å². The highest BCUT2D eigenvalue weighted by Crippen LogP contribution is 2.32. The molecule has 0 saturated carbocycles. The minimum Gasteiger partial charge on any atom is -0.317 e. The number of H-pyrrole nitrogens is 1. The van der Waals surface area contributed by atoms with E-state index in [-0.39, 0.29) is 18.3 Å². The standard InChI is InChI=1S/C15H23F3N4.ClH/c16-15(17,18)14-8-13(20-21-14)12-2-1-7-22(10-12)9-11-3-5-19-6-4-11;/h8,11-12,19H,1-7,9-10H2,(H,20,21);1H. The van der Waals surface area contributed by atoms with Crippen molar-refractivity contribution in [2.45, 2.75) is 37.8 Å². The van der Waals surface area contributed by atoms with Gasteiger partial charge in [0.05, 0.1) is 0 Å². The Kier molecular flexibility index (Phi) is 6.33. The van der Waals surface area contributed by atoms with Crippen molar-refractivity contribution >= 4 is 12.4 Å². The zero-order valence-corrected chi connectivity index (χ0v) is 13.8. The molecule has 4 nitrogen and oxygen atoms in total. The van der Waals surface area contributed by atoms with Gasteiger partial charge in [-0.3, -0.25) is 5.10 Å². The van der Waals surface area contributed by atoms with E-state index in [2.05, 4.69) is 20.4 Å². The van der Waals surface area contributed by atoms with E-state index in [1.165, 1.54) is 18.9 Å². The van der Waals surface area contributed by atoms with Crippen molar-refractivity contribution < 1.29 is 13.2 Å². The first-order valence-electron chi connectivity index (χ1n) is 8.08. The first-order valence-corrected chi connectivity index (χ1v) is 8.08. The van der Waals surface area contributed by atoms with E-state index in [1.807, 2.05) is 0 Å². The lowest BCUT2D eigenvalue weighted by molar-refractivity contribution is -0.141. The number of halogens is 4. The molecule has 3 heterocycles. The predicted molar refractivity (Wildman–Crippen MR) is 84.8 cm³/mol. The highest BCUT2D eigenvalue weighted by atomic mass is 35.5. The number of aromatic nitrogens is 2. The Bertz CT molecular complexity index is 485. The molecule has 0 amide bonds. The van der Waals surface area contributed by atoms with Gasteiger partial charge in [0.25, 0.3) is 0 Å². The van der Waals surface area contributed by atoms with E-state index in [4.69, 9.17) is 0 Å². The maximum Gasteiger partial charge on any atom is 0.435 e. The Labute approximate surface area is 140 Å². The second kappa shape index (κ2) is 7.85. The summed E-state index contributed by atoms with van der Waals surface area (Å²) in [6.45, 7) is 5.12. The molecule has 3 rings (SSSR count). The van der Waals surface area contributed by atoms with Crippen molar-refractivity contribution in [1.29, 1.82) is 0 Å². The number of hydrogen-bond donors (Lipinski definition) is 2. The predicted octanol–water partition coefficient (Wildman–Crippen LogP) is 3.03. The molecule has 1 atom stereocenters. The molecule has 2 aliphatic heterocycles. The van der Waals surface area contributed by atoms with Crippen LogP contribution < -0.4 is 5.32 Å². The number of piperidine rings is 2. The van der Waals surface area contributed by atoms with Crippen LogP contribution in [-0.2, 0) is 6.18 Å². The number of likely N-dealkylation sites (tertiary alicyclic amines) is 1. The number of nitrogens with one attached hydrogen (secondary N) is 2. The molecule has 0 aromatic carbocycles. The Morgan fingerprint density at radius 2 is 1.96 bits per heavy atom. The minimum absolute atomic E-state index is 0. The summed E-state index contributed by atoms with van der Waals surface area (Å²) in [4.78, 5) is 2.41. The van der Waals surface area contributed by atoms with E-state index in [0.717, 1.165) is 45.6 Å². The maximum absolute atomic E-state index is 12.7. The number of hydrogen-bond acceptors (Lipinski definition) is 3. The fraction of sp³-hybridized carbons (Fsp3) is 0.800. The van der Waals surface area contributed by atoms with Crippen LogP contribution in [0.2, 0.25) is 0 Å². The van der Waals surface area contributed by atoms with E-state index in [0.29, 0.717) is 11.6 Å². The average molecular weight is 353 g/mol. The maximum atomic E-state index is 12.7. The fourth-order valence-electron chi connectivity index (χ4n) is 3.60. The summed E-state index contributed by atoms with van der Waals surface area (Å²) < 4.78 is 38.0. The first-order chi connectivity index (χ1) is 10.5. The third-order valence-corrected chi connectivity index (χ3v) is 4.81. The molecule has 1 aromatic rings. The molecule has 0 bridgehead atoms. The van der Waals surface area contributed by atoms with Gasteiger partial charge in [-0.25, -0.2) is 0 Å². The largest absolute Gasteiger partial charge is 0.435 e. The van der Waals surface area contributed by atoms with E-state index >= 15 is 0 Å². The number of rotatable bonds is 3. The van der Waals surface area contributed by atoms with E-state index < -0.39 is 11.9 Å². The molecular formula is C15H24ClF3N4. The zero-order chi connectivity index (χ0) is 15.6. The van der Waals surface area contributed by atoms with Gasteiger partial charge in [-0.05, 0) is 57.3 Å². The van der Waals surface area contributed by atoms with Crippen LogP contribution in [0.1, 0.15) is 43.0 Å². The molecule has 2 N–H and O–H groups in total. The Morgan fingerprint density at radius 1 is 1.22 bits per heavy atom. The van der Waals surface area contributed by atoms with Crippen LogP contribution in [0.3, 0.4) is 0 Å². The smallest absolute Gasteiger partial charge is 0.317 e. The van der Waals surface area contributed by atoms with E-state index in [9.17, 15) is 13.2 Å². The van der Waals surface area contributed by atoms with Crippen LogP contribution in [0.5, 0.6) is 0 Å². The lowest BCUT2D eigenvalue weighted by Crippen LogP contribution is -2.40. The molecule has 1 aromatic heterocycles. The Hall–Kier alpha value is -0.790. The van der Waals surface area contributed by atoms with Gasteiger partial charge in [0, 0.05) is 24.7 Å². The van der Waals surface area contributed by atoms with Crippen molar-refractivity contribution in [3.63, 3.8) is 0 Å². The van der Waals surface area contributed by atoms with Gasteiger partial charge in [-0.1, -0.05) is 0 Å². The summed E-state index contributed by atoms with van der Waals surface area (Å²) in [5.41, 5.74) is -0.180. The van der Waals surface area contributed by atoms with Gasteiger partial charge in [-0.15, -0.1) is 12.4 Å². The number of aromatic amines is 1. The highest BCUT2D eigenvalue weighted by molar-refractivity contribution is 5.85. The van der Waals surface area contributed by atoms with Gasteiger partial charge in [0.2, 0.25) is 0 Å². The second-order valence-corrected chi connectivity index (χ2v) is 6.50. The van der Waals surface area contributed by atoms with Crippen LogP contribution in [0, 0.1) is 5.92 Å². The van der Waals surface area contributed by atoms with Crippen molar-refractivity contribution in [2.24, 2.45) is 5.92 Å². The quantitative estimate of drug-likeness (QED) is 0.878. The monoisotopic (exact) mass is 352 g/mol. The summed E-state index contributed by atoms with van der Waals surface area (Å²) >= 11 is 0. The van der Waals surface area contributed by atoms with Crippen molar-refractivity contribution in [2.75, 3.05) is 32.7 Å². The molecule has 8 heteroatoms. The lowest BCUT2D eigenvalue weighted by atomic mass is 9.92. The molecule has 2 aliphatic rings. The topological polar surface area (TPSA) is 44.0 Å². The molecule has 0 aliphatic carbocycles. The molecule has 132 valence electrons. The highest BCUT2D eigenvalue weighted by Gasteiger charge is 2.35. The molecule has 23 heavy (non-hydrogen) atoms. The molecule has 0 spiro atoms. The Balaban J connectivity index is 0.00000192. The van der Waals surface area contributed by atoms with Crippen molar-refractivity contribution in [3.8, 4) is 0 Å². The molecule has 1 unspecified atom stereocenters. The van der Waals surface area contributed by atoms with Gasteiger partial charge >= 0.3 is 6.18 Å². The summed E-state index contributed by atoms with van der Waals surface area (Å²) in [6.07, 6.45) is 0.00329. The summed E-state index contributed by atoms with van der Waals surface area (Å²) in [7, 11) is 0. The van der Waals surface area contributed by atoms with E-state index in [1.54, 1.807) is 0 Å². The van der Waals surface area contributed by atoms with Crippen LogP contribution in [-0.4, -0.2) is 47.8 Å². The van der Waals surface area contributed by atoms with Gasteiger partial charge in [-0.2, -0.15) is 18.3 Å². The third kappa shape index (κ3) is 4.84. The van der Waals surface area contributed by atoms with Gasteiger partial charge in [0.15, 0.2) is 5.69 Å². The number of nitrogens with zero attached hydrogens (tertiary/aromatic N) is 2. The molecule has 0 radical (unpaired) electrons. The summed E-state index contributed by atoms with van der Waals surface area (Å²) in [5, 5.41) is 9.39. The number of alkyl halides is 3. The van der Waals surface area contributed by atoms with Gasteiger partial charge in [0.1, 0.15) is 0 Å². The van der Waals surface area contributed by atoms with Crippen LogP contribution in [0.15, 0.2) is 6.07 Å². The minimum atomic E-state index is -4.36. The van der Waals surface area contributed by atoms with Crippen LogP contribution in [0.25, 0.3) is 0 Å². The molecule has 2 fully saturated rings. The molecule has 2 saturated heterocycles. The Morgan fingerprint density at radius 3 is 2.61 bits per heavy atom. The second-order valence-electron chi connectivity index (χ2n) is 6.50. The first kappa shape index (κ1) is 18.5. The van der Waals surface area contributed by atoms with Gasteiger partial charge < -0.3 is 10.2 Å². The zero-order valence-electron chi connectivity index (χ0n) is 13.0.